The Kier molecular flexibility index (Phi) is 3.04. The van der Waals surface area contributed by atoms with Crippen LogP contribution in [-0.2, 0) is 4.74 Å². The lowest BCUT2D eigenvalue weighted by Gasteiger charge is -2.42. The molecule has 0 spiro atoms. The molecule has 16 heavy (non-hydrogen) atoms. The van der Waals surface area contributed by atoms with Crippen molar-refractivity contribution in [2.45, 2.75) is 26.3 Å². The minimum absolute atomic E-state index is 0.0532. The molecule has 0 radical (unpaired) electrons. The summed E-state index contributed by atoms with van der Waals surface area (Å²) in [5.41, 5.74) is 0.833. The van der Waals surface area contributed by atoms with Crippen LogP contribution in [0.5, 0.6) is 0 Å². The van der Waals surface area contributed by atoms with Gasteiger partial charge in [0, 0.05) is 18.3 Å². The lowest BCUT2D eigenvalue weighted by molar-refractivity contribution is 0.0639. The smallest absolute Gasteiger partial charge is 0.224 e. The number of hydrogen-bond donors (Lipinski definition) is 0. The van der Waals surface area contributed by atoms with E-state index in [4.69, 9.17) is 16.3 Å². The van der Waals surface area contributed by atoms with Crippen LogP contribution in [0.1, 0.15) is 19.5 Å². The van der Waals surface area contributed by atoms with Gasteiger partial charge in [0.05, 0.1) is 18.8 Å². The van der Waals surface area contributed by atoms with Crippen molar-refractivity contribution in [3.8, 4) is 0 Å². The van der Waals surface area contributed by atoms with Gasteiger partial charge in [-0.3, -0.25) is 0 Å². The van der Waals surface area contributed by atoms with E-state index < -0.39 is 0 Å². The molecule has 0 saturated carbocycles. The van der Waals surface area contributed by atoms with E-state index in [1.807, 2.05) is 13.0 Å². The van der Waals surface area contributed by atoms with Gasteiger partial charge in [-0.25, -0.2) is 9.97 Å². The number of ether oxygens (including phenoxy) is 1. The van der Waals surface area contributed by atoms with Crippen LogP contribution in [0, 0.1) is 6.92 Å². The Labute approximate surface area is 101 Å². The quantitative estimate of drug-likeness (QED) is 0.706. The molecule has 2 rings (SSSR count). The van der Waals surface area contributed by atoms with Crippen LogP contribution in [-0.4, -0.2) is 35.3 Å². The standard InChI is InChI=1S/C11H16ClN3O/c1-8-6-9(14-10(12)13-8)15-4-5-16-7-11(15,2)3/h6H,4-5,7H2,1-3H3. The van der Waals surface area contributed by atoms with E-state index in [1.54, 1.807) is 0 Å². The molecule has 88 valence electrons. The summed E-state index contributed by atoms with van der Waals surface area (Å²) in [7, 11) is 0. The predicted molar refractivity (Wildman–Crippen MR) is 64.0 cm³/mol. The van der Waals surface area contributed by atoms with E-state index in [2.05, 4.69) is 28.7 Å². The summed E-state index contributed by atoms with van der Waals surface area (Å²) in [6.07, 6.45) is 0. The van der Waals surface area contributed by atoms with Gasteiger partial charge in [0.2, 0.25) is 5.28 Å². The fraction of sp³-hybridized carbons (Fsp3) is 0.636. The van der Waals surface area contributed by atoms with Gasteiger partial charge < -0.3 is 9.64 Å². The first-order chi connectivity index (χ1) is 7.49. The van der Waals surface area contributed by atoms with E-state index in [0.29, 0.717) is 11.9 Å². The van der Waals surface area contributed by atoms with Crippen LogP contribution in [0.3, 0.4) is 0 Å². The molecule has 1 aromatic rings. The molecule has 0 unspecified atom stereocenters. The molecule has 0 N–H and O–H groups in total. The lowest BCUT2D eigenvalue weighted by atomic mass is 10.0. The molecular formula is C11H16ClN3O. The second-order valence-electron chi connectivity index (χ2n) is 4.65. The van der Waals surface area contributed by atoms with Crippen molar-refractivity contribution in [3.63, 3.8) is 0 Å². The summed E-state index contributed by atoms with van der Waals surface area (Å²) in [5.74, 6) is 0.880. The highest BCUT2D eigenvalue weighted by Crippen LogP contribution is 2.26. The van der Waals surface area contributed by atoms with E-state index in [9.17, 15) is 0 Å². The average Bonchev–Trinajstić information content (AvgIpc) is 2.15. The topological polar surface area (TPSA) is 38.2 Å². The highest BCUT2D eigenvalue weighted by Gasteiger charge is 2.31. The van der Waals surface area contributed by atoms with Crippen molar-refractivity contribution in [2.75, 3.05) is 24.7 Å². The first-order valence-electron chi connectivity index (χ1n) is 5.36. The van der Waals surface area contributed by atoms with Gasteiger partial charge in [0.15, 0.2) is 0 Å². The Morgan fingerprint density at radius 1 is 1.44 bits per heavy atom. The van der Waals surface area contributed by atoms with Crippen LogP contribution in [0.4, 0.5) is 5.82 Å². The number of morpholine rings is 1. The van der Waals surface area contributed by atoms with Crippen molar-refractivity contribution < 1.29 is 4.74 Å². The largest absolute Gasteiger partial charge is 0.377 e. The van der Waals surface area contributed by atoms with Crippen LogP contribution in [0.15, 0.2) is 6.07 Å². The summed E-state index contributed by atoms with van der Waals surface area (Å²) in [6.45, 7) is 8.46. The maximum absolute atomic E-state index is 5.88. The summed E-state index contributed by atoms with van der Waals surface area (Å²) in [4.78, 5) is 10.6. The molecule has 1 saturated heterocycles. The lowest BCUT2D eigenvalue weighted by Crippen LogP contribution is -2.53. The number of anilines is 1. The highest BCUT2D eigenvalue weighted by molar-refractivity contribution is 6.28. The van der Waals surface area contributed by atoms with E-state index in [-0.39, 0.29) is 5.54 Å². The van der Waals surface area contributed by atoms with Gasteiger partial charge in [-0.1, -0.05) is 0 Å². The average molecular weight is 242 g/mol. The molecule has 0 aliphatic carbocycles. The van der Waals surface area contributed by atoms with Crippen LogP contribution in [0.25, 0.3) is 0 Å². The Balaban J connectivity index is 2.34. The van der Waals surface area contributed by atoms with E-state index in [1.165, 1.54) is 0 Å². The maximum Gasteiger partial charge on any atom is 0.224 e. The van der Waals surface area contributed by atoms with Crippen LogP contribution >= 0.6 is 11.6 Å². The molecule has 0 amide bonds. The monoisotopic (exact) mass is 241 g/mol. The second kappa shape index (κ2) is 4.18. The molecule has 4 nitrogen and oxygen atoms in total. The summed E-state index contributed by atoms with van der Waals surface area (Å²) >= 11 is 5.88. The number of nitrogens with zero attached hydrogens (tertiary/aromatic N) is 3. The van der Waals surface area contributed by atoms with Gasteiger partial charge in [-0.15, -0.1) is 0 Å². The highest BCUT2D eigenvalue weighted by atomic mass is 35.5. The van der Waals surface area contributed by atoms with Crippen molar-refractivity contribution in [1.82, 2.24) is 9.97 Å². The molecule has 0 bridgehead atoms. The van der Waals surface area contributed by atoms with Crippen LogP contribution < -0.4 is 4.90 Å². The Morgan fingerprint density at radius 3 is 2.81 bits per heavy atom. The molecule has 0 atom stereocenters. The van der Waals surface area contributed by atoms with Crippen molar-refractivity contribution in [1.29, 1.82) is 0 Å². The number of aryl methyl sites for hydroxylation is 1. The number of aromatic nitrogens is 2. The summed E-state index contributed by atoms with van der Waals surface area (Å²) < 4.78 is 5.48. The Morgan fingerprint density at radius 2 is 2.19 bits per heavy atom. The van der Waals surface area contributed by atoms with Crippen LogP contribution in [0.2, 0.25) is 5.28 Å². The van der Waals surface area contributed by atoms with Gasteiger partial charge in [0.1, 0.15) is 5.82 Å². The molecule has 0 aromatic carbocycles. The molecule has 1 fully saturated rings. The third-order valence-corrected chi connectivity index (χ3v) is 2.90. The molecule has 1 aliphatic heterocycles. The fourth-order valence-electron chi connectivity index (χ4n) is 1.94. The third-order valence-electron chi connectivity index (χ3n) is 2.74. The van der Waals surface area contributed by atoms with Gasteiger partial charge in [-0.05, 0) is 32.4 Å². The zero-order valence-electron chi connectivity index (χ0n) is 9.83. The normalized spacial score (nSPS) is 19.9. The van der Waals surface area contributed by atoms with E-state index in [0.717, 1.165) is 24.7 Å². The van der Waals surface area contributed by atoms with Crippen molar-refractivity contribution in [2.24, 2.45) is 0 Å². The summed E-state index contributed by atoms with van der Waals surface area (Å²) in [6, 6.07) is 1.96. The van der Waals surface area contributed by atoms with E-state index >= 15 is 0 Å². The SMILES string of the molecule is Cc1cc(N2CCOCC2(C)C)nc(Cl)n1. The minimum Gasteiger partial charge on any atom is -0.377 e. The Hall–Kier alpha value is -0.870. The number of hydrogen-bond acceptors (Lipinski definition) is 4. The molecular weight excluding hydrogens is 226 g/mol. The molecule has 5 heteroatoms. The third kappa shape index (κ3) is 2.28. The van der Waals surface area contributed by atoms with Gasteiger partial charge >= 0.3 is 0 Å². The first-order valence-corrected chi connectivity index (χ1v) is 5.73. The maximum atomic E-state index is 5.88. The molecule has 1 aromatic heterocycles. The van der Waals surface area contributed by atoms with Gasteiger partial charge in [-0.2, -0.15) is 0 Å². The van der Waals surface area contributed by atoms with Crippen molar-refractivity contribution in [3.05, 3.63) is 17.0 Å². The number of halogens is 1. The second-order valence-corrected chi connectivity index (χ2v) is 4.99. The zero-order chi connectivity index (χ0) is 11.8. The Bertz CT molecular complexity index is 375. The van der Waals surface area contributed by atoms with Gasteiger partial charge in [0.25, 0.3) is 0 Å². The first kappa shape index (κ1) is 11.6. The molecule has 1 aliphatic rings. The fourth-order valence-corrected chi connectivity index (χ4v) is 2.16. The minimum atomic E-state index is -0.0532. The zero-order valence-corrected chi connectivity index (χ0v) is 10.6. The predicted octanol–water partition coefficient (Wildman–Crippen LogP) is 2.05. The van der Waals surface area contributed by atoms with Crippen molar-refractivity contribution >= 4 is 17.4 Å². The number of rotatable bonds is 1. The summed E-state index contributed by atoms with van der Waals surface area (Å²) in [5, 5.41) is 0.303. The molecule has 2 heterocycles.